The maximum absolute atomic E-state index is 5.23. The van der Waals surface area contributed by atoms with Gasteiger partial charge in [-0.25, -0.2) is 0 Å². The first kappa shape index (κ1) is 13.9. The van der Waals surface area contributed by atoms with E-state index in [-0.39, 0.29) is 6.04 Å². The number of furan rings is 1. The summed E-state index contributed by atoms with van der Waals surface area (Å²) in [5.74, 6) is 0. The molecule has 0 amide bonds. The van der Waals surface area contributed by atoms with E-state index >= 15 is 0 Å². The average Bonchev–Trinajstić information content (AvgIpc) is 3.15. The minimum atomic E-state index is 0.234. The van der Waals surface area contributed by atoms with Gasteiger partial charge < -0.3 is 9.73 Å². The van der Waals surface area contributed by atoms with Crippen LogP contribution in [0, 0.1) is 0 Å². The zero-order chi connectivity index (χ0) is 14.7. The van der Waals surface area contributed by atoms with E-state index in [1.807, 2.05) is 12.3 Å². The Morgan fingerprint density at radius 3 is 2.81 bits per heavy atom. The molecule has 21 heavy (non-hydrogen) atoms. The Morgan fingerprint density at radius 1 is 1.24 bits per heavy atom. The topological polar surface area (TPSA) is 43.0 Å². The van der Waals surface area contributed by atoms with Crippen LogP contribution in [0.3, 0.4) is 0 Å². The second-order valence-corrected chi connectivity index (χ2v) is 5.15. The molecule has 110 valence electrons. The largest absolute Gasteiger partial charge is 0.472 e. The van der Waals surface area contributed by atoms with E-state index in [1.165, 1.54) is 16.5 Å². The minimum absolute atomic E-state index is 0.234. The number of aryl methyl sites for hydroxylation is 1. The third-order valence-corrected chi connectivity index (χ3v) is 3.83. The van der Waals surface area contributed by atoms with Gasteiger partial charge in [0, 0.05) is 30.0 Å². The number of hydrogen-bond donors (Lipinski definition) is 1. The van der Waals surface area contributed by atoms with Gasteiger partial charge in [0.2, 0.25) is 0 Å². The molecule has 1 unspecified atom stereocenters. The SMILES string of the molecule is CCNC(Cc1nn(CC)c2ccccc12)c1ccoc1. The number of fused-ring (bicyclic) bond motifs is 1. The van der Waals surface area contributed by atoms with E-state index < -0.39 is 0 Å². The van der Waals surface area contributed by atoms with Crippen molar-refractivity contribution in [1.82, 2.24) is 15.1 Å². The molecule has 0 spiro atoms. The number of rotatable bonds is 6. The molecule has 1 aromatic carbocycles. The van der Waals surface area contributed by atoms with Crippen molar-refractivity contribution in [3.63, 3.8) is 0 Å². The standard InChI is InChI=1S/C17H21N3O/c1-3-18-15(13-9-10-21-12-13)11-16-14-7-5-6-8-17(14)20(4-2)19-16/h5-10,12,15,18H,3-4,11H2,1-2H3. The maximum atomic E-state index is 5.23. The van der Waals surface area contributed by atoms with Gasteiger partial charge in [0.15, 0.2) is 0 Å². The van der Waals surface area contributed by atoms with Crippen molar-refractivity contribution in [1.29, 1.82) is 0 Å². The number of hydrogen-bond acceptors (Lipinski definition) is 3. The highest BCUT2D eigenvalue weighted by molar-refractivity contribution is 5.82. The predicted molar refractivity (Wildman–Crippen MR) is 84.2 cm³/mol. The van der Waals surface area contributed by atoms with Crippen LogP contribution in [0.2, 0.25) is 0 Å². The molecule has 4 nitrogen and oxygen atoms in total. The van der Waals surface area contributed by atoms with Crippen LogP contribution in [0.5, 0.6) is 0 Å². The van der Waals surface area contributed by atoms with Gasteiger partial charge in [0.05, 0.1) is 23.7 Å². The molecule has 0 saturated carbocycles. The van der Waals surface area contributed by atoms with Crippen LogP contribution in [-0.2, 0) is 13.0 Å². The lowest BCUT2D eigenvalue weighted by Crippen LogP contribution is -2.22. The third-order valence-electron chi connectivity index (χ3n) is 3.83. The monoisotopic (exact) mass is 283 g/mol. The second-order valence-electron chi connectivity index (χ2n) is 5.15. The number of benzene rings is 1. The predicted octanol–water partition coefficient (Wildman–Crippen LogP) is 3.54. The van der Waals surface area contributed by atoms with Gasteiger partial charge in [0.25, 0.3) is 0 Å². The van der Waals surface area contributed by atoms with Crippen molar-refractivity contribution in [3.05, 3.63) is 54.1 Å². The Bertz CT molecular complexity index is 700. The highest BCUT2D eigenvalue weighted by atomic mass is 16.3. The van der Waals surface area contributed by atoms with Gasteiger partial charge in [-0.15, -0.1) is 0 Å². The van der Waals surface area contributed by atoms with Crippen LogP contribution in [-0.4, -0.2) is 16.3 Å². The molecule has 0 aliphatic carbocycles. The van der Waals surface area contributed by atoms with Gasteiger partial charge in [-0.2, -0.15) is 5.10 Å². The molecule has 0 aliphatic rings. The molecule has 1 N–H and O–H groups in total. The fraction of sp³-hybridized carbons (Fsp3) is 0.353. The lowest BCUT2D eigenvalue weighted by Gasteiger charge is -2.15. The number of nitrogens with one attached hydrogen (secondary N) is 1. The van der Waals surface area contributed by atoms with E-state index in [1.54, 1.807) is 6.26 Å². The molecule has 0 saturated heterocycles. The normalized spacial score (nSPS) is 12.9. The fourth-order valence-corrected chi connectivity index (χ4v) is 2.81. The van der Waals surface area contributed by atoms with Gasteiger partial charge in [-0.05, 0) is 25.6 Å². The average molecular weight is 283 g/mol. The molecule has 1 atom stereocenters. The highest BCUT2D eigenvalue weighted by Gasteiger charge is 2.17. The summed E-state index contributed by atoms with van der Waals surface area (Å²) in [7, 11) is 0. The second kappa shape index (κ2) is 6.14. The highest BCUT2D eigenvalue weighted by Crippen LogP contribution is 2.24. The summed E-state index contributed by atoms with van der Waals surface area (Å²) in [5, 5.41) is 9.54. The van der Waals surface area contributed by atoms with E-state index in [4.69, 9.17) is 9.52 Å². The van der Waals surface area contributed by atoms with Crippen molar-refractivity contribution in [2.75, 3.05) is 6.54 Å². The molecule has 3 rings (SSSR count). The number of para-hydroxylation sites is 1. The Hall–Kier alpha value is -2.07. The van der Waals surface area contributed by atoms with Crippen LogP contribution in [0.1, 0.15) is 31.1 Å². The summed E-state index contributed by atoms with van der Waals surface area (Å²) >= 11 is 0. The molecule has 0 aliphatic heterocycles. The Balaban J connectivity index is 1.96. The first-order valence-electron chi connectivity index (χ1n) is 7.53. The smallest absolute Gasteiger partial charge is 0.0950 e. The minimum Gasteiger partial charge on any atom is -0.472 e. The molecule has 0 fully saturated rings. The van der Waals surface area contributed by atoms with E-state index in [2.05, 4.69) is 48.1 Å². The fourth-order valence-electron chi connectivity index (χ4n) is 2.81. The molecular formula is C17H21N3O. The molecule has 2 heterocycles. The lowest BCUT2D eigenvalue weighted by atomic mass is 10.0. The zero-order valence-electron chi connectivity index (χ0n) is 12.5. The summed E-state index contributed by atoms with van der Waals surface area (Å²) in [5.41, 5.74) is 3.52. The summed E-state index contributed by atoms with van der Waals surface area (Å²) in [6, 6.07) is 10.7. The Labute approximate surface area is 124 Å². The van der Waals surface area contributed by atoms with Crippen LogP contribution in [0.4, 0.5) is 0 Å². The number of nitrogens with zero attached hydrogens (tertiary/aromatic N) is 2. The van der Waals surface area contributed by atoms with E-state index in [0.717, 1.165) is 25.2 Å². The molecule has 3 aromatic rings. The van der Waals surface area contributed by atoms with Crippen LogP contribution < -0.4 is 5.32 Å². The molecule has 2 aromatic heterocycles. The Morgan fingerprint density at radius 2 is 2.10 bits per heavy atom. The van der Waals surface area contributed by atoms with Gasteiger partial charge in [-0.3, -0.25) is 4.68 Å². The Kier molecular flexibility index (Phi) is 4.06. The van der Waals surface area contributed by atoms with Crippen molar-refractivity contribution >= 4 is 10.9 Å². The quantitative estimate of drug-likeness (QED) is 0.752. The van der Waals surface area contributed by atoms with Gasteiger partial charge in [0.1, 0.15) is 0 Å². The van der Waals surface area contributed by atoms with Gasteiger partial charge >= 0.3 is 0 Å². The summed E-state index contributed by atoms with van der Waals surface area (Å²) in [4.78, 5) is 0. The summed E-state index contributed by atoms with van der Waals surface area (Å²) in [6.45, 7) is 6.05. The van der Waals surface area contributed by atoms with Crippen LogP contribution >= 0.6 is 0 Å². The van der Waals surface area contributed by atoms with Crippen molar-refractivity contribution < 1.29 is 4.42 Å². The lowest BCUT2D eigenvalue weighted by molar-refractivity contribution is 0.518. The van der Waals surface area contributed by atoms with E-state index in [9.17, 15) is 0 Å². The van der Waals surface area contributed by atoms with E-state index in [0.29, 0.717) is 0 Å². The third kappa shape index (κ3) is 2.72. The van der Waals surface area contributed by atoms with Crippen molar-refractivity contribution in [2.24, 2.45) is 0 Å². The van der Waals surface area contributed by atoms with Crippen molar-refractivity contribution in [2.45, 2.75) is 32.9 Å². The first-order valence-corrected chi connectivity index (χ1v) is 7.53. The first-order chi connectivity index (χ1) is 10.3. The molecule has 4 heteroatoms. The van der Waals surface area contributed by atoms with Crippen LogP contribution in [0.25, 0.3) is 10.9 Å². The van der Waals surface area contributed by atoms with Crippen LogP contribution in [0.15, 0.2) is 47.3 Å². The molecule has 0 radical (unpaired) electrons. The number of aromatic nitrogens is 2. The summed E-state index contributed by atoms with van der Waals surface area (Å²) < 4.78 is 7.30. The maximum Gasteiger partial charge on any atom is 0.0950 e. The summed E-state index contributed by atoms with van der Waals surface area (Å²) in [6.07, 6.45) is 4.40. The van der Waals surface area contributed by atoms with Crippen molar-refractivity contribution in [3.8, 4) is 0 Å². The zero-order valence-corrected chi connectivity index (χ0v) is 12.5. The molecule has 0 bridgehead atoms. The number of likely N-dealkylation sites (N-methyl/N-ethyl adjacent to an activating group) is 1. The van der Waals surface area contributed by atoms with Gasteiger partial charge in [-0.1, -0.05) is 25.1 Å². The molecular weight excluding hydrogens is 262 g/mol.